The molecule has 1 fully saturated rings. The molecule has 0 bridgehead atoms. The van der Waals surface area contributed by atoms with Crippen molar-refractivity contribution >= 4 is 17.5 Å². The van der Waals surface area contributed by atoms with Gasteiger partial charge in [-0.15, -0.1) is 0 Å². The number of amides is 1. The first-order valence-corrected chi connectivity index (χ1v) is 13.1. The Morgan fingerprint density at radius 1 is 1.06 bits per heavy atom. The van der Waals surface area contributed by atoms with E-state index in [0.29, 0.717) is 17.2 Å². The van der Waals surface area contributed by atoms with Gasteiger partial charge in [0.25, 0.3) is 0 Å². The Labute approximate surface area is 219 Å². The van der Waals surface area contributed by atoms with Crippen LogP contribution in [0.3, 0.4) is 0 Å². The number of methoxy groups -OCH3 is 1. The van der Waals surface area contributed by atoms with Crippen LogP contribution >= 0.6 is 11.6 Å². The summed E-state index contributed by atoms with van der Waals surface area (Å²) in [5.41, 5.74) is 7.00. The van der Waals surface area contributed by atoms with Crippen molar-refractivity contribution in [2.45, 2.75) is 63.0 Å². The lowest BCUT2D eigenvalue weighted by atomic mass is 9.69. The fourth-order valence-corrected chi connectivity index (χ4v) is 5.78. The fourth-order valence-electron chi connectivity index (χ4n) is 5.49. The Bertz CT molecular complexity index is 1070. The van der Waals surface area contributed by atoms with Gasteiger partial charge in [0.1, 0.15) is 22.7 Å². The Kier molecular flexibility index (Phi) is 8.11. The molecule has 6 heteroatoms. The van der Waals surface area contributed by atoms with Crippen molar-refractivity contribution in [2.24, 2.45) is 5.73 Å². The smallest absolute Gasteiger partial charge is 0.232 e. The average Bonchev–Trinajstić information content (AvgIpc) is 3.36. The average molecular weight is 509 g/mol. The minimum absolute atomic E-state index is 0.0772. The SMILES string of the molecule is COC1=CCCC(O[C@@H]2CCN(C(C)(C)CCC(C(N)=O)(c3ccccc3)c3ccccc3)C2)=C1Cl. The summed E-state index contributed by atoms with van der Waals surface area (Å²) in [5, 5.41) is 0.582. The van der Waals surface area contributed by atoms with E-state index in [1.54, 1.807) is 7.11 Å². The van der Waals surface area contributed by atoms with Crippen molar-refractivity contribution in [2.75, 3.05) is 20.2 Å². The summed E-state index contributed by atoms with van der Waals surface area (Å²) in [6, 6.07) is 19.9. The van der Waals surface area contributed by atoms with Gasteiger partial charge in [0, 0.05) is 25.0 Å². The minimum Gasteiger partial charge on any atom is -0.495 e. The molecular weight excluding hydrogens is 472 g/mol. The summed E-state index contributed by atoms with van der Waals surface area (Å²) in [6.07, 6.45) is 6.08. The first-order chi connectivity index (χ1) is 17.3. The second-order valence-corrected chi connectivity index (χ2v) is 10.7. The van der Waals surface area contributed by atoms with Crippen LogP contribution in [0.1, 0.15) is 57.1 Å². The second kappa shape index (κ2) is 11.1. The van der Waals surface area contributed by atoms with Gasteiger partial charge in [0.15, 0.2) is 0 Å². The highest BCUT2D eigenvalue weighted by molar-refractivity contribution is 6.32. The summed E-state index contributed by atoms with van der Waals surface area (Å²) in [7, 11) is 1.63. The minimum atomic E-state index is -0.890. The zero-order valence-electron chi connectivity index (χ0n) is 21.5. The molecule has 0 unspecified atom stereocenters. The third-order valence-corrected chi connectivity index (χ3v) is 8.15. The highest BCUT2D eigenvalue weighted by Crippen LogP contribution is 2.40. The summed E-state index contributed by atoms with van der Waals surface area (Å²) in [4.78, 5) is 15.6. The van der Waals surface area contributed by atoms with E-state index in [2.05, 4.69) is 18.7 Å². The molecule has 5 nitrogen and oxygen atoms in total. The van der Waals surface area contributed by atoms with Gasteiger partial charge in [-0.25, -0.2) is 0 Å². The van der Waals surface area contributed by atoms with E-state index in [1.807, 2.05) is 66.7 Å². The van der Waals surface area contributed by atoms with Gasteiger partial charge in [-0.2, -0.15) is 0 Å². The summed E-state index contributed by atoms with van der Waals surface area (Å²) in [5.74, 6) is 1.19. The van der Waals surface area contributed by atoms with Gasteiger partial charge < -0.3 is 15.2 Å². The third-order valence-electron chi connectivity index (χ3n) is 7.76. The van der Waals surface area contributed by atoms with E-state index in [-0.39, 0.29) is 17.6 Å². The van der Waals surface area contributed by atoms with E-state index in [0.717, 1.165) is 55.7 Å². The number of hydrogen-bond donors (Lipinski definition) is 1. The highest BCUT2D eigenvalue weighted by atomic mass is 35.5. The van der Waals surface area contributed by atoms with Crippen molar-refractivity contribution in [1.82, 2.24) is 4.90 Å². The van der Waals surface area contributed by atoms with Gasteiger partial charge in [-0.05, 0) is 56.7 Å². The number of halogens is 1. The molecule has 192 valence electrons. The Morgan fingerprint density at radius 3 is 2.22 bits per heavy atom. The maximum absolute atomic E-state index is 13.2. The van der Waals surface area contributed by atoms with Crippen LogP contribution in [0.5, 0.6) is 0 Å². The maximum Gasteiger partial charge on any atom is 0.232 e. The molecule has 0 radical (unpaired) electrons. The van der Waals surface area contributed by atoms with Gasteiger partial charge in [0.05, 0.1) is 12.5 Å². The number of benzene rings is 2. The van der Waals surface area contributed by atoms with Crippen molar-refractivity contribution < 1.29 is 14.3 Å². The zero-order valence-corrected chi connectivity index (χ0v) is 22.3. The monoisotopic (exact) mass is 508 g/mol. The van der Waals surface area contributed by atoms with Crippen LogP contribution in [0.25, 0.3) is 0 Å². The topological polar surface area (TPSA) is 64.8 Å². The van der Waals surface area contributed by atoms with Crippen LogP contribution in [0.2, 0.25) is 0 Å². The Morgan fingerprint density at radius 2 is 1.67 bits per heavy atom. The molecule has 1 aliphatic carbocycles. The fraction of sp³-hybridized carbons (Fsp3) is 0.433. The molecule has 0 aromatic heterocycles. The summed E-state index contributed by atoms with van der Waals surface area (Å²) in [6.45, 7) is 6.23. The molecule has 2 aromatic carbocycles. The normalized spacial score (nSPS) is 19.2. The second-order valence-electron chi connectivity index (χ2n) is 10.3. The van der Waals surface area contributed by atoms with E-state index in [1.165, 1.54) is 0 Å². The molecule has 2 aliphatic rings. The number of rotatable bonds is 10. The molecule has 1 saturated heterocycles. The largest absolute Gasteiger partial charge is 0.495 e. The van der Waals surface area contributed by atoms with Crippen LogP contribution in [0, 0.1) is 0 Å². The van der Waals surface area contributed by atoms with Gasteiger partial charge in [-0.3, -0.25) is 9.69 Å². The molecule has 2 N–H and O–H groups in total. The molecule has 1 amide bonds. The maximum atomic E-state index is 13.2. The Balaban J connectivity index is 1.51. The number of primary amides is 1. The van der Waals surface area contributed by atoms with Gasteiger partial charge in [0.2, 0.25) is 5.91 Å². The van der Waals surface area contributed by atoms with E-state index in [9.17, 15) is 4.79 Å². The lowest BCUT2D eigenvalue weighted by Crippen LogP contribution is -2.47. The number of ether oxygens (including phenoxy) is 2. The van der Waals surface area contributed by atoms with Crippen molar-refractivity contribution in [3.8, 4) is 0 Å². The van der Waals surface area contributed by atoms with E-state index >= 15 is 0 Å². The molecule has 0 spiro atoms. The molecular formula is C30H37ClN2O3. The summed E-state index contributed by atoms with van der Waals surface area (Å²) >= 11 is 6.50. The third kappa shape index (κ3) is 5.33. The number of carbonyl (C=O) groups excluding carboxylic acids is 1. The van der Waals surface area contributed by atoms with Crippen LogP contribution in [0.4, 0.5) is 0 Å². The first-order valence-electron chi connectivity index (χ1n) is 12.7. The molecule has 1 aliphatic heterocycles. The lowest BCUT2D eigenvalue weighted by molar-refractivity contribution is -0.122. The predicted molar refractivity (Wildman–Crippen MR) is 144 cm³/mol. The lowest BCUT2D eigenvalue weighted by Gasteiger charge is -2.40. The molecule has 1 atom stereocenters. The number of hydrogen-bond acceptors (Lipinski definition) is 4. The summed E-state index contributed by atoms with van der Waals surface area (Å²) < 4.78 is 11.7. The predicted octanol–water partition coefficient (Wildman–Crippen LogP) is 5.88. The number of nitrogens with zero attached hydrogens (tertiary/aromatic N) is 1. The van der Waals surface area contributed by atoms with Crippen LogP contribution in [-0.2, 0) is 19.7 Å². The molecule has 4 rings (SSSR count). The van der Waals surface area contributed by atoms with Crippen molar-refractivity contribution in [1.29, 1.82) is 0 Å². The molecule has 0 saturated carbocycles. The molecule has 36 heavy (non-hydrogen) atoms. The Hall–Kier alpha value is -2.76. The van der Waals surface area contributed by atoms with Gasteiger partial charge >= 0.3 is 0 Å². The number of allylic oxidation sites excluding steroid dienone is 3. The standard InChI is InChI=1S/C30H37ClN2O3/c1-29(2,33-20-17-24(21-33)36-26-16-10-15-25(35-3)27(26)31)18-19-30(28(32)34,22-11-6-4-7-12-22)23-13-8-5-9-14-23/h4-9,11-15,24H,10,16-21H2,1-3H3,(H2,32,34)/t24-/m1/s1. The van der Waals surface area contributed by atoms with Crippen molar-refractivity contribution in [3.63, 3.8) is 0 Å². The molecule has 1 heterocycles. The van der Waals surface area contributed by atoms with Crippen LogP contribution < -0.4 is 5.73 Å². The first kappa shape index (κ1) is 26.3. The van der Waals surface area contributed by atoms with Gasteiger partial charge in [-0.1, -0.05) is 72.3 Å². The number of likely N-dealkylation sites (tertiary alicyclic amines) is 1. The number of nitrogens with two attached hydrogens (primary N) is 1. The van der Waals surface area contributed by atoms with Crippen LogP contribution in [-0.4, -0.2) is 42.6 Å². The number of carbonyl (C=O) groups is 1. The van der Waals surface area contributed by atoms with Crippen LogP contribution in [0.15, 0.2) is 83.3 Å². The van der Waals surface area contributed by atoms with Crippen molar-refractivity contribution in [3.05, 3.63) is 94.4 Å². The zero-order chi connectivity index (χ0) is 25.8. The van der Waals surface area contributed by atoms with E-state index in [4.69, 9.17) is 26.8 Å². The quantitative estimate of drug-likeness (QED) is 0.435. The molecule has 2 aromatic rings. The highest BCUT2D eigenvalue weighted by Gasteiger charge is 2.43. The van der Waals surface area contributed by atoms with E-state index < -0.39 is 5.41 Å².